The number of rotatable bonds is 6. The molecule has 2 fully saturated rings. The van der Waals surface area contributed by atoms with Crippen molar-refractivity contribution in [1.29, 1.82) is 0 Å². The summed E-state index contributed by atoms with van der Waals surface area (Å²) in [5.74, 6) is 0. The van der Waals surface area contributed by atoms with Crippen molar-refractivity contribution in [3.63, 3.8) is 0 Å². The van der Waals surface area contributed by atoms with Gasteiger partial charge in [0.15, 0.2) is 12.5 Å². The Balaban J connectivity index is 2.30. The topological polar surface area (TPSA) is 182 Å². The maximum atomic E-state index is 10.5. The van der Waals surface area contributed by atoms with Crippen LogP contribution < -0.4 is 0 Å². The number of hydrogen-bond donors (Lipinski definition) is 7. The molecule has 12 heteroatoms. The van der Waals surface area contributed by atoms with Gasteiger partial charge in [0.1, 0.15) is 42.7 Å². The lowest BCUT2D eigenvalue weighted by molar-refractivity contribution is -0.377. The number of aliphatic hydroxyl groups excluding tert-OH is 7. The lowest BCUT2D eigenvalue weighted by Crippen LogP contribution is -2.70. The molecule has 12 nitrogen and oxygen atoms in total. The molecule has 0 unspecified atom stereocenters. The quantitative estimate of drug-likeness (QED) is 0.217. The summed E-state index contributed by atoms with van der Waals surface area (Å²) >= 11 is 0. The second kappa shape index (κ2) is 9.14. The van der Waals surface area contributed by atoms with E-state index in [1.54, 1.807) is 0 Å². The second-order valence-corrected chi connectivity index (χ2v) is 6.19. The SMILES string of the molecule is CO[C@H]1O[C@H](CO)[C@@H](N(OC)[C@@H]2O[C@H](CO)[C@@H](O)[C@H](O)[C@H]2O)[C@H](O)[C@H]1O. The molecule has 2 aliphatic heterocycles. The van der Waals surface area contributed by atoms with Crippen LogP contribution in [0.15, 0.2) is 0 Å². The van der Waals surface area contributed by atoms with Gasteiger partial charge in [-0.2, -0.15) is 0 Å². The molecule has 0 aromatic rings. The van der Waals surface area contributed by atoms with Crippen LogP contribution in [0, 0.1) is 0 Å². The van der Waals surface area contributed by atoms with Crippen LogP contribution in [-0.4, -0.2) is 130 Å². The minimum absolute atomic E-state index is 0.592. The van der Waals surface area contributed by atoms with Gasteiger partial charge in [-0.25, -0.2) is 0 Å². The highest BCUT2D eigenvalue weighted by Gasteiger charge is 2.54. The van der Waals surface area contributed by atoms with Crippen molar-refractivity contribution in [2.75, 3.05) is 27.4 Å². The van der Waals surface area contributed by atoms with Crippen LogP contribution in [0.3, 0.4) is 0 Å². The Morgan fingerprint density at radius 2 is 1.38 bits per heavy atom. The molecular formula is C14H27NO11. The maximum absolute atomic E-state index is 10.5. The standard InChI is InChI=1S/C14H27NO11/c1-23-14-12(22)9(19)7(5(3-16)26-14)15(24-2)13-11(21)10(20)8(18)6(4-17)25-13/h5-14,16-22H,3-4H2,1-2H3/t5-,6-,7-,8-,9+,10+,11-,12-,13-,14+/m1/s1. The third-order valence-corrected chi connectivity index (χ3v) is 4.70. The molecule has 0 aliphatic carbocycles. The second-order valence-electron chi connectivity index (χ2n) is 6.19. The van der Waals surface area contributed by atoms with Gasteiger partial charge in [0.2, 0.25) is 0 Å². The largest absolute Gasteiger partial charge is 0.394 e. The molecular weight excluding hydrogens is 358 g/mol. The van der Waals surface area contributed by atoms with Crippen molar-refractivity contribution in [1.82, 2.24) is 5.06 Å². The van der Waals surface area contributed by atoms with Crippen LogP contribution in [0.5, 0.6) is 0 Å². The highest BCUT2D eigenvalue weighted by molar-refractivity contribution is 4.98. The summed E-state index contributed by atoms with van der Waals surface area (Å²) < 4.78 is 15.7. The van der Waals surface area contributed by atoms with Gasteiger partial charge >= 0.3 is 0 Å². The van der Waals surface area contributed by atoms with Gasteiger partial charge < -0.3 is 50.0 Å². The highest BCUT2D eigenvalue weighted by atomic mass is 16.7. The minimum atomic E-state index is -1.68. The highest BCUT2D eigenvalue weighted by Crippen LogP contribution is 2.31. The van der Waals surface area contributed by atoms with Crippen molar-refractivity contribution >= 4 is 0 Å². The van der Waals surface area contributed by atoms with Crippen molar-refractivity contribution in [2.45, 2.75) is 61.3 Å². The molecule has 10 atom stereocenters. The third-order valence-electron chi connectivity index (χ3n) is 4.70. The third kappa shape index (κ3) is 3.87. The Hall–Kier alpha value is -0.480. The average Bonchev–Trinajstić information content (AvgIpc) is 2.65. The van der Waals surface area contributed by atoms with Gasteiger partial charge in [0.25, 0.3) is 0 Å². The van der Waals surface area contributed by atoms with E-state index in [0.29, 0.717) is 0 Å². The fourth-order valence-corrected chi connectivity index (χ4v) is 3.26. The summed E-state index contributed by atoms with van der Waals surface area (Å²) in [6.45, 7) is -1.24. The van der Waals surface area contributed by atoms with Crippen molar-refractivity contribution < 1.29 is 54.8 Å². The first kappa shape index (κ1) is 21.8. The average molecular weight is 385 g/mol. The summed E-state index contributed by atoms with van der Waals surface area (Å²) in [7, 11) is 2.43. The Labute approximate surface area is 149 Å². The summed E-state index contributed by atoms with van der Waals surface area (Å²) in [6, 6.07) is -1.23. The monoisotopic (exact) mass is 385 g/mol. The molecule has 2 saturated heterocycles. The Morgan fingerprint density at radius 1 is 0.769 bits per heavy atom. The van der Waals surface area contributed by atoms with Crippen molar-refractivity contribution in [2.24, 2.45) is 0 Å². The number of ether oxygens (including phenoxy) is 3. The van der Waals surface area contributed by atoms with Crippen LogP contribution in [0.2, 0.25) is 0 Å². The molecule has 0 aromatic carbocycles. The summed E-state index contributed by atoms with van der Waals surface area (Å²) in [5.41, 5.74) is 0. The van der Waals surface area contributed by atoms with Crippen LogP contribution in [0.25, 0.3) is 0 Å². The first-order chi connectivity index (χ1) is 12.3. The van der Waals surface area contributed by atoms with Gasteiger partial charge in [0, 0.05) is 7.11 Å². The number of methoxy groups -OCH3 is 1. The summed E-state index contributed by atoms with van der Waals surface area (Å²) in [4.78, 5) is 5.17. The van der Waals surface area contributed by atoms with Crippen LogP contribution >= 0.6 is 0 Å². The number of hydrogen-bond acceptors (Lipinski definition) is 12. The smallest absolute Gasteiger partial charge is 0.186 e. The van der Waals surface area contributed by atoms with E-state index in [9.17, 15) is 35.7 Å². The van der Waals surface area contributed by atoms with Gasteiger partial charge in [-0.3, -0.25) is 4.84 Å². The van der Waals surface area contributed by atoms with Gasteiger partial charge in [-0.05, 0) is 0 Å². The Kier molecular flexibility index (Phi) is 7.67. The molecule has 0 bridgehead atoms. The number of hydroxylamine groups is 2. The minimum Gasteiger partial charge on any atom is -0.394 e. The van der Waals surface area contributed by atoms with E-state index >= 15 is 0 Å². The molecule has 0 spiro atoms. The molecule has 26 heavy (non-hydrogen) atoms. The molecule has 0 saturated carbocycles. The van der Waals surface area contributed by atoms with Crippen molar-refractivity contribution in [3.05, 3.63) is 0 Å². The maximum Gasteiger partial charge on any atom is 0.186 e. The Morgan fingerprint density at radius 3 is 1.88 bits per heavy atom. The van der Waals surface area contributed by atoms with E-state index in [2.05, 4.69) is 0 Å². The van der Waals surface area contributed by atoms with Crippen LogP contribution in [-0.2, 0) is 19.0 Å². The van der Waals surface area contributed by atoms with Crippen LogP contribution in [0.4, 0.5) is 0 Å². The van der Waals surface area contributed by atoms with E-state index in [-0.39, 0.29) is 0 Å². The lowest BCUT2D eigenvalue weighted by Gasteiger charge is -2.50. The van der Waals surface area contributed by atoms with E-state index in [4.69, 9.17) is 19.0 Å². The van der Waals surface area contributed by atoms with Crippen LogP contribution in [0.1, 0.15) is 0 Å². The summed E-state index contributed by atoms with van der Waals surface area (Å²) in [5, 5.41) is 70.5. The summed E-state index contributed by atoms with van der Waals surface area (Å²) in [6.07, 6.45) is -12.9. The van der Waals surface area contributed by atoms with E-state index < -0.39 is 74.5 Å². The van der Waals surface area contributed by atoms with Crippen molar-refractivity contribution in [3.8, 4) is 0 Å². The fraction of sp³-hybridized carbons (Fsp3) is 1.00. The molecule has 0 aromatic heterocycles. The molecule has 2 rings (SSSR count). The molecule has 2 heterocycles. The zero-order chi connectivity index (χ0) is 19.6. The zero-order valence-electron chi connectivity index (χ0n) is 14.4. The number of aliphatic hydroxyl groups is 7. The van der Waals surface area contributed by atoms with Gasteiger partial charge in [-0.1, -0.05) is 0 Å². The fourth-order valence-electron chi connectivity index (χ4n) is 3.26. The predicted molar refractivity (Wildman–Crippen MR) is 81.2 cm³/mol. The molecule has 0 radical (unpaired) electrons. The van der Waals surface area contributed by atoms with Gasteiger partial charge in [0.05, 0.1) is 26.4 Å². The molecule has 0 amide bonds. The predicted octanol–water partition coefficient (Wildman–Crippen LogP) is -4.90. The molecule has 7 N–H and O–H groups in total. The zero-order valence-corrected chi connectivity index (χ0v) is 14.4. The van der Waals surface area contributed by atoms with Gasteiger partial charge in [-0.15, -0.1) is 5.06 Å². The molecule has 2 aliphatic rings. The van der Waals surface area contributed by atoms with E-state index in [1.807, 2.05) is 0 Å². The van der Waals surface area contributed by atoms with E-state index in [1.165, 1.54) is 14.2 Å². The first-order valence-electron chi connectivity index (χ1n) is 8.10. The normalized spacial score (nSPS) is 47.3. The molecule has 154 valence electrons. The number of nitrogens with zero attached hydrogens (tertiary/aromatic N) is 1. The Bertz CT molecular complexity index is 439. The first-order valence-corrected chi connectivity index (χ1v) is 8.10. The lowest BCUT2D eigenvalue weighted by atomic mass is 9.93. The van der Waals surface area contributed by atoms with E-state index in [0.717, 1.165) is 5.06 Å².